The second-order valence-electron chi connectivity index (χ2n) is 8.72. The molecule has 0 saturated heterocycles. The lowest BCUT2D eigenvalue weighted by Gasteiger charge is -2.24. The van der Waals surface area contributed by atoms with Gasteiger partial charge in [-0.25, -0.2) is 4.99 Å². The molecule has 1 aliphatic carbocycles. The number of aromatic nitrogens is 3. The Kier molecular flexibility index (Phi) is 11.3. The number of rotatable bonds is 9. The second kappa shape index (κ2) is 13.6. The van der Waals surface area contributed by atoms with E-state index in [0.29, 0.717) is 19.1 Å². The molecule has 1 atom stereocenters. The molecule has 0 bridgehead atoms. The van der Waals surface area contributed by atoms with Crippen LogP contribution in [0.3, 0.4) is 0 Å². The molecule has 3 rings (SSSR count). The van der Waals surface area contributed by atoms with Crippen LogP contribution < -0.4 is 15.4 Å². The van der Waals surface area contributed by atoms with E-state index in [1.807, 2.05) is 30.7 Å². The smallest absolute Gasteiger partial charge is 0.192 e. The minimum absolute atomic E-state index is 0. The minimum atomic E-state index is 0. The van der Waals surface area contributed by atoms with E-state index < -0.39 is 0 Å². The van der Waals surface area contributed by atoms with Crippen molar-refractivity contribution >= 4 is 29.9 Å². The molecule has 0 spiro atoms. The average Bonchev–Trinajstić information content (AvgIpc) is 3.12. The Morgan fingerprint density at radius 2 is 1.91 bits per heavy atom. The van der Waals surface area contributed by atoms with Gasteiger partial charge in [0.25, 0.3) is 0 Å². The molecule has 7 nitrogen and oxygen atoms in total. The van der Waals surface area contributed by atoms with Crippen LogP contribution in [0.4, 0.5) is 0 Å². The molecule has 1 fully saturated rings. The van der Waals surface area contributed by atoms with Crippen LogP contribution in [-0.4, -0.2) is 33.9 Å². The highest BCUT2D eigenvalue weighted by Crippen LogP contribution is 2.27. The number of guanidine groups is 1. The van der Waals surface area contributed by atoms with Crippen LogP contribution in [0, 0.1) is 12.8 Å². The summed E-state index contributed by atoms with van der Waals surface area (Å²) in [6, 6.07) is 8.42. The second-order valence-corrected chi connectivity index (χ2v) is 8.72. The van der Waals surface area contributed by atoms with Crippen LogP contribution in [0.2, 0.25) is 0 Å². The van der Waals surface area contributed by atoms with Crippen LogP contribution in [0.1, 0.15) is 69.1 Å². The monoisotopic (exact) mass is 554 g/mol. The highest BCUT2D eigenvalue weighted by molar-refractivity contribution is 14.0. The van der Waals surface area contributed by atoms with Crippen LogP contribution >= 0.6 is 24.0 Å². The Bertz CT molecular complexity index is 830. The zero-order valence-electron chi connectivity index (χ0n) is 19.9. The molecule has 1 heterocycles. The predicted molar refractivity (Wildman–Crippen MR) is 141 cm³/mol. The fraction of sp³-hybridized carbons (Fsp3) is 0.625. The van der Waals surface area contributed by atoms with Crippen molar-refractivity contribution in [3.63, 3.8) is 0 Å². The maximum atomic E-state index is 5.25. The third-order valence-corrected chi connectivity index (χ3v) is 6.29. The molecule has 2 N–H and O–H groups in total. The van der Waals surface area contributed by atoms with Gasteiger partial charge in [-0.05, 0) is 50.3 Å². The maximum Gasteiger partial charge on any atom is 0.192 e. The predicted octanol–water partition coefficient (Wildman–Crippen LogP) is 4.73. The number of nitrogens with one attached hydrogen (secondary N) is 2. The van der Waals surface area contributed by atoms with Gasteiger partial charge in [-0.2, -0.15) is 0 Å². The van der Waals surface area contributed by atoms with Gasteiger partial charge >= 0.3 is 0 Å². The van der Waals surface area contributed by atoms with E-state index >= 15 is 0 Å². The molecule has 1 aliphatic rings. The molecule has 32 heavy (non-hydrogen) atoms. The number of benzene rings is 1. The third-order valence-electron chi connectivity index (χ3n) is 6.29. The van der Waals surface area contributed by atoms with Crippen molar-refractivity contribution in [2.24, 2.45) is 18.0 Å². The summed E-state index contributed by atoms with van der Waals surface area (Å²) in [6.45, 7) is 5.40. The Hall–Kier alpha value is -1.84. The molecule has 8 heteroatoms. The van der Waals surface area contributed by atoms with Crippen LogP contribution in [0.25, 0.3) is 0 Å². The van der Waals surface area contributed by atoms with Gasteiger partial charge in [0.1, 0.15) is 11.6 Å². The molecule has 1 saturated carbocycles. The Morgan fingerprint density at radius 3 is 2.53 bits per heavy atom. The summed E-state index contributed by atoms with van der Waals surface area (Å²) in [6.07, 6.45) is 9.47. The van der Waals surface area contributed by atoms with Crippen molar-refractivity contribution in [3.8, 4) is 5.75 Å². The van der Waals surface area contributed by atoms with Gasteiger partial charge in [0.2, 0.25) is 0 Å². The van der Waals surface area contributed by atoms with E-state index in [-0.39, 0.29) is 24.0 Å². The van der Waals surface area contributed by atoms with E-state index in [1.54, 1.807) is 7.11 Å². The van der Waals surface area contributed by atoms with Crippen LogP contribution in [0.5, 0.6) is 5.75 Å². The normalized spacial score (nSPS) is 15.7. The van der Waals surface area contributed by atoms with E-state index in [2.05, 4.69) is 39.9 Å². The van der Waals surface area contributed by atoms with Gasteiger partial charge in [0.05, 0.1) is 20.2 Å². The maximum absolute atomic E-state index is 5.25. The average molecular weight is 555 g/mol. The lowest BCUT2D eigenvalue weighted by atomic mass is 9.85. The van der Waals surface area contributed by atoms with E-state index in [0.717, 1.165) is 41.3 Å². The van der Waals surface area contributed by atoms with E-state index in [1.165, 1.54) is 38.5 Å². The van der Waals surface area contributed by atoms with Crippen LogP contribution in [-0.2, 0) is 20.1 Å². The first kappa shape index (κ1) is 26.4. The van der Waals surface area contributed by atoms with Gasteiger partial charge in [-0.1, -0.05) is 44.2 Å². The molecule has 0 amide bonds. The van der Waals surface area contributed by atoms with Crippen molar-refractivity contribution in [2.75, 3.05) is 7.11 Å². The molecular formula is C24H39IN6O. The zero-order chi connectivity index (χ0) is 22.1. The fourth-order valence-electron chi connectivity index (χ4n) is 4.09. The topological polar surface area (TPSA) is 76.4 Å². The van der Waals surface area contributed by atoms with Gasteiger partial charge in [0.15, 0.2) is 11.8 Å². The molecule has 1 aromatic heterocycles. The fourth-order valence-corrected chi connectivity index (χ4v) is 4.09. The Labute approximate surface area is 209 Å². The summed E-state index contributed by atoms with van der Waals surface area (Å²) in [7, 11) is 3.67. The third kappa shape index (κ3) is 8.26. The molecule has 1 aromatic carbocycles. The summed E-state index contributed by atoms with van der Waals surface area (Å²) in [5.74, 6) is 4.37. The Balaban J connectivity index is 0.00000363. The van der Waals surface area contributed by atoms with Gasteiger partial charge < -0.3 is 19.9 Å². The minimum Gasteiger partial charge on any atom is -0.497 e. The number of hydrogen-bond donors (Lipinski definition) is 2. The highest BCUT2D eigenvalue weighted by Gasteiger charge is 2.15. The first-order chi connectivity index (χ1) is 15.0. The summed E-state index contributed by atoms with van der Waals surface area (Å²) >= 11 is 0. The van der Waals surface area contributed by atoms with E-state index in [4.69, 9.17) is 9.73 Å². The quantitative estimate of drug-likeness (QED) is 0.266. The molecule has 1 unspecified atom stereocenters. The SMILES string of the molecule is COc1ccc(CN=C(NCc2nnc(C)n2C)NC(C)CCC2CCCCC2)cc1.I. The summed E-state index contributed by atoms with van der Waals surface area (Å²) in [4.78, 5) is 4.83. The van der Waals surface area contributed by atoms with Crippen molar-refractivity contribution in [1.29, 1.82) is 0 Å². The van der Waals surface area contributed by atoms with Crippen molar-refractivity contribution < 1.29 is 4.74 Å². The van der Waals surface area contributed by atoms with E-state index in [9.17, 15) is 0 Å². The van der Waals surface area contributed by atoms with Gasteiger partial charge in [-0.15, -0.1) is 34.2 Å². The number of halogens is 1. The summed E-state index contributed by atoms with van der Waals surface area (Å²) in [5, 5.41) is 15.4. The molecule has 0 aliphatic heterocycles. The molecular weight excluding hydrogens is 515 g/mol. The number of aryl methyl sites for hydroxylation is 1. The summed E-state index contributed by atoms with van der Waals surface area (Å²) in [5.41, 5.74) is 1.14. The van der Waals surface area contributed by atoms with Gasteiger partial charge in [0, 0.05) is 13.1 Å². The molecule has 2 aromatic rings. The number of nitrogens with zero attached hydrogens (tertiary/aromatic N) is 4. The largest absolute Gasteiger partial charge is 0.497 e. The van der Waals surface area contributed by atoms with Crippen LogP contribution in [0.15, 0.2) is 29.3 Å². The number of methoxy groups -OCH3 is 1. The lowest BCUT2D eigenvalue weighted by molar-refractivity contribution is 0.322. The lowest BCUT2D eigenvalue weighted by Crippen LogP contribution is -2.42. The number of aliphatic imine (C=N–C) groups is 1. The number of hydrogen-bond acceptors (Lipinski definition) is 4. The molecule has 178 valence electrons. The van der Waals surface area contributed by atoms with Gasteiger partial charge in [-0.3, -0.25) is 0 Å². The first-order valence-corrected chi connectivity index (χ1v) is 11.6. The first-order valence-electron chi connectivity index (χ1n) is 11.6. The Morgan fingerprint density at radius 1 is 1.19 bits per heavy atom. The van der Waals surface area contributed by atoms with Crippen molar-refractivity contribution in [2.45, 2.75) is 77.9 Å². The zero-order valence-corrected chi connectivity index (χ0v) is 22.3. The molecule has 0 radical (unpaired) electrons. The summed E-state index contributed by atoms with van der Waals surface area (Å²) < 4.78 is 7.25. The standard InChI is InChI=1S/C24H38N6O.HI/c1-18(10-11-20-8-6-5-7-9-20)27-24(26-17-23-29-28-19(2)30(23)3)25-16-21-12-14-22(31-4)15-13-21;/h12-15,18,20H,5-11,16-17H2,1-4H3,(H2,25,26,27);1H. The highest BCUT2D eigenvalue weighted by atomic mass is 127. The number of ether oxygens (including phenoxy) is 1. The van der Waals surface area contributed by atoms with Crippen molar-refractivity contribution in [3.05, 3.63) is 41.5 Å². The van der Waals surface area contributed by atoms with Crippen molar-refractivity contribution in [1.82, 2.24) is 25.4 Å².